The molecule has 8 heteroatoms. The molecule has 1 heterocycles. The number of aliphatic hydroxyl groups excluding tert-OH is 1. The van der Waals surface area contributed by atoms with Crippen LogP contribution in [0.4, 0.5) is 19.3 Å². The average molecular weight is 282 g/mol. The number of rotatable bonds is 4. The van der Waals surface area contributed by atoms with Gasteiger partial charge in [0, 0.05) is 12.7 Å². The molecule has 0 saturated carbocycles. The van der Waals surface area contributed by atoms with Gasteiger partial charge in [-0.05, 0) is 17.7 Å². The number of halogens is 2. The minimum atomic E-state index is -1.14. The minimum Gasteiger partial charge on any atom is -0.387 e. The molecule has 20 heavy (non-hydrogen) atoms. The van der Waals surface area contributed by atoms with Crippen LogP contribution in [0, 0.1) is 11.6 Å². The summed E-state index contributed by atoms with van der Waals surface area (Å²) in [5, 5.41) is 20.8. The molecule has 0 fully saturated rings. The summed E-state index contributed by atoms with van der Waals surface area (Å²) in [6, 6.07) is 2.50. The Labute approximate surface area is 112 Å². The summed E-state index contributed by atoms with van der Waals surface area (Å²) in [5.74, 6) is -2.05. The molecule has 4 N–H and O–H groups in total. The number of benzene rings is 1. The number of amides is 2. The molecule has 0 aliphatic rings. The Balaban J connectivity index is 1.86. The molecule has 0 spiro atoms. The Morgan fingerprint density at radius 1 is 1.40 bits per heavy atom. The van der Waals surface area contributed by atoms with Crippen LogP contribution in [-0.2, 0) is 0 Å². The zero-order valence-corrected chi connectivity index (χ0v) is 10.2. The topological polar surface area (TPSA) is 90.0 Å². The van der Waals surface area contributed by atoms with Crippen LogP contribution in [0.25, 0.3) is 0 Å². The summed E-state index contributed by atoms with van der Waals surface area (Å²) >= 11 is 0. The molecule has 0 aliphatic heterocycles. The quantitative estimate of drug-likeness (QED) is 0.685. The number of nitrogens with one attached hydrogen (secondary N) is 3. The highest BCUT2D eigenvalue weighted by Gasteiger charge is 2.12. The second-order valence-corrected chi connectivity index (χ2v) is 4.01. The smallest absolute Gasteiger partial charge is 0.319 e. The van der Waals surface area contributed by atoms with Crippen molar-refractivity contribution in [3.8, 4) is 0 Å². The molecular formula is C12H12F2N4O2. The van der Waals surface area contributed by atoms with Crippen LogP contribution in [0.2, 0.25) is 0 Å². The predicted molar refractivity (Wildman–Crippen MR) is 66.9 cm³/mol. The van der Waals surface area contributed by atoms with Crippen molar-refractivity contribution in [2.75, 3.05) is 11.9 Å². The van der Waals surface area contributed by atoms with Gasteiger partial charge in [0.05, 0.1) is 18.0 Å². The maximum Gasteiger partial charge on any atom is 0.319 e. The standard InChI is InChI=1S/C12H12F2N4O2/c13-9-2-1-7(3-10(9)14)11(19)6-15-12(20)18-8-4-16-17-5-8/h1-5,11,19H,6H2,(H,16,17)(H2,15,18,20)/t11-/m0/s1. The molecule has 6 nitrogen and oxygen atoms in total. The third-order valence-electron chi connectivity index (χ3n) is 2.54. The van der Waals surface area contributed by atoms with Crippen molar-refractivity contribution < 1.29 is 18.7 Å². The molecule has 2 amide bonds. The van der Waals surface area contributed by atoms with Crippen molar-refractivity contribution in [2.24, 2.45) is 0 Å². The fraction of sp³-hybridized carbons (Fsp3) is 0.167. The molecular weight excluding hydrogens is 270 g/mol. The number of aromatic amines is 1. The number of urea groups is 1. The lowest BCUT2D eigenvalue weighted by molar-refractivity contribution is 0.174. The van der Waals surface area contributed by atoms with Crippen LogP contribution >= 0.6 is 0 Å². The molecule has 0 bridgehead atoms. The number of aromatic nitrogens is 2. The van der Waals surface area contributed by atoms with Gasteiger partial charge in [-0.25, -0.2) is 13.6 Å². The third kappa shape index (κ3) is 3.51. The fourth-order valence-electron chi connectivity index (χ4n) is 1.52. The second-order valence-electron chi connectivity index (χ2n) is 4.01. The monoisotopic (exact) mass is 282 g/mol. The van der Waals surface area contributed by atoms with E-state index in [0.717, 1.165) is 12.1 Å². The van der Waals surface area contributed by atoms with E-state index in [0.29, 0.717) is 5.69 Å². The number of anilines is 1. The molecule has 1 aromatic carbocycles. The van der Waals surface area contributed by atoms with Gasteiger partial charge in [0.1, 0.15) is 0 Å². The third-order valence-corrected chi connectivity index (χ3v) is 2.54. The summed E-state index contributed by atoms with van der Waals surface area (Å²) in [7, 11) is 0. The Morgan fingerprint density at radius 2 is 2.20 bits per heavy atom. The summed E-state index contributed by atoms with van der Waals surface area (Å²) in [6.45, 7) is -0.144. The van der Waals surface area contributed by atoms with Crippen LogP contribution in [0.1, 0.15) is 11.7 Å². The van der Waals surface area contributed by atoms with E-state index in [9.17, 15) is 18.7 Å². The predicted octanol–water partition coefficient (Wildman–Crippen LogP) is 1.54. The van der Waals surface area contributed by atoms with Crippen LogP contribution in [0.5, 0.6) is 0 Å². The minimum absolute atomic E-state index is 0.144. The molecule has 106 valence electrons. The molecule has 0 saturated heterocycles. The van der Waals surface area contributed by atoms with E-state index in [1.54, 1.807) is 0 Å². The van der Waals surface area contributed by atoms with Crippen LogP contribution in [0.3, 0.4) is 0 Å². The zero-order valence-electron chi connectivity index (χ0n) is 10.2. The maximum atomic E-state index is 13.0. The van der Waals surface area contributed by atoms with Crippen molar-refractivity contribution >= 4 is 11.7 Å². The highest BCUT2D eigenvalue weighted by molar-refractivity contribution is 5.88. The lowest BCUT2D eigenvalue weighted by Crippen LogP contribution is -2.32. The Kier molecular flexibility index (Phi) is 4.26. The largest absolute Gasteiger partial charge is 0.387 e. The number of aliphatic hydroxyl groups is 1. The molecule has 2 rings (SSSR count). The number of hydrogen-bond donors (Lipinski definition) is 4. The average Bonchev–Trinajstić information content (AvgIpc) is 2.92. The van der Waals surface area contributed by atoms with Crippen LogP contribution in [-0.4, -0.2) is 27.9 Å². The van der Waals surface area contributed by atoms with E-state index >= 15 is 0 Å². The van der Waals surface area contributed by atoms with Gasteiger partial charge in [-0.1, -0.05) is 6.07 Å². The number of nitrogens with zero attached hydrogens (tertiary/aromatic N) is 1. The van der Waals surface area contributed by atoms with Gasteiger partial charge in [-0.3, -0.25) is 5.10 Å². The first-order valence-corrected chi connectivity index (χ1v) is 5.73. The number of hydrogen-bond acceptors (Lipinski definition) is 3. The van der Waals surface area contributed by atoms with Gasteiger partial charge in [-0.2, -0.15) is 5.10 Å². The highest BCUT2D eigenvalue weighted by atomic mass is 19.2. The molecule has 0 radical (unpaired) electrons. The first-order valence-electron chi connectivity index (χ1n) is 5.73. The lowest BCUT2D eigenvalue weighted by Gasteiger charge is -2.12. The first kappa shape index (κ1) is 13.9. The van der Waals surface area contributed by atoms with Gasteiger partial charge in [0.25, 0.3) is 0 Å². The van der Waals surface area contributed by atoms with Gasteiger partial charge in [0.2, 0.25) is 0 Å². The van der Waals surface area contributed by atoms with Crippen LogP contribution < -0.4 is 10.6 Å². The van der Waals surface area contributed by atoms with Gasteiger partial charge in [-0.15, -0.1) is 0 Å². The van der Waals surface area contributed by atoms with Crippen molar-refractivity contribution in [3.63, 3.8) is 0 Å². The normalized spacial score (nSPS) is 11.9. The van der Waals surface area contributed by atoms with Crippen molar-refractivity contribution in [1.29, 1.82) is 0 Å². The Morgan fingerprint density at radius 3 is 2.85 bits per heavy atom. The number of carbonyl (C=O) groups is 1. The van der Waals surface area contributed by atoms with E-state index in [1.165, 1.54) is 18.5 Å². The summed E-state index contributed by atoms with van der Waals surface area (Å²) in [6.07, 6.45) is 1.75. The van der Waals surface area contributed by atoms with Crippen molar-refractivity contribution in [3.05, 3.63) is 47.8 Å². The van der Waals surface area contributed by atoms with Gasteiger partial charge >= 0.3 is 6.03 Å². The van der Waals surface area contributed by atoms with Crippen molar-refractivity contribution in [1.82, 2.24) is 15.5 Å². The molecule has 2 aromatic rings. The van der Waals surface area contributed by atoms with E-state index in [-0.39, 0.29) is 12.1 Å². The molecule has 1 atom stereocenters. The number of carbonyl (C=O) groups excluding carboxylic acids is 1. The van der Waals surface area contributed by atoms with Crippen LogP contribution in [0.15, 0.2) is 30.6 Å². The van der Waals surface area contributed by atoms with Gasteiger partial charge in [0.15, 0.2) is 11.6 Å². The van der Waals surface area contributed by atoms with E-state index < -0.39 is 23.8 Å². The SMILES string of the molecule is O=C(NC[C@H](O)c1ccc(F)c(F)c1)Nc1cn[nH]c1. The van der Waals surface area contributed by atoms with Gasteiger partial charge < -0.3 is 15.7 Å². The molecule has 0 unspecified atom stereocenters. The van der Waals surface area contributed by atoms with E-state index in [2.05, 4.69) is 20.8 Å². The van der Waals surface area contributed by atoms with E-state index in [4.69, 9.17) is 0 Å². The zero-order chi connectivity index (χ0) is 14.5. The van der Waals surface area contributed by atoms with E-state index in [1.807, 2.05) is 0 Å². The fourth-order valence-corrected chi connectivity index (χ4v) is 1.52. The summed E-state index contributed by atoms with van der Waals surface area (Å²) in [5.41, 5.74) is 0.636. The Bertz CT molecular complexity index is 589. The van der Waals surface area contributed by atoms with Crippen molar-refractivity contribution in [2.45, 2.75) is 6.10 Å². The molecule has 0 aliphatic carbocycles. The number of H-pyrrole nitrogens is 1. The second kappa shape index (κ2) is 6.11. The lowest BCUT2D eigenvalue weighted by atomic mass is 10.1. The summed E-state index contributed by atoms with van der Waals surface area (Å²) in [4.78, 5) is 11.5. The Hall–Kier alpha value is -2.48. The molecule has 1 aromatic heterocycles. The maximum absolute atomic E-state index is 13.0. The summed E-state index contributed by atoms with van der Waals surface area (Å²) < 4.78 is 25.7. The first-order chi connectivity index (χ1) is 9.56. The highest BCUT2D eigenvalue weighted by Crippen LogP contribution is 2.15.